The minimum absolute atomic E-state index is 0.0362. The largest absolute Gasteiger partial charge is 0.326 e. The quantitative estimate of drug-likeness (QED) is 0.872. The van der Waals surface area contributed by atoms with Crippen molar-refractivity contribution in [2.75, 3.05) is 18.4 Å². The molecule has 0 unspecified atom stereocenters. The Bertz CT molecular complexity index is 946. The molecule has 0 radical (unpaired) electrons. The minimum atomic E-state index is -3.50. The summed E-state index contributed by atoms with van der Waals surface area (Å²) in [5.74, 6) is -0.207. The number of aryl methyl sites for hydroxylation is 3. The number of rotatable bonds is 4. The Kier molecular flexibility index (Phi) is 5.67. The van der Waals surface area contributed by atoms with Crippen LogP contribution in [0.2, 0.25) is 0 Å². The summed E-state index contributed by atoms with van der Waals surface area (Å²) >= 11 is 0. The van der Waals surface area contributed by atoms with Gasteiger partial charge in [0.15, 0.2) is 0 Å². The van der Waals surface area contributed by atoms with Gasteiger partial charge in [-0.25, -0.2) is 8.42 Å². The summed E-state index contributed by atoms with van der Waals surface area (Å²) in [6, 6.07) is 12.8. The Balaban J connectivity index is 1.62. The van der Waals surface area contributed by atoms with Crippen molar-refractivity contribution >= 4 is 21.6 Å². The first-order valence-corrected chi connectivity index (χ1v) is 10.7. The highest BCUT2D eigenvalue weighted by molar-refractivity contribution is 7.89. The molecule has 0 bridgehead atoms. The zero-order valence-corrected chi connectivity index (χ0v) is 16.8. The van der Waals surface area contributed by atoms with Crippen LogP contribution in [0.1, 0.15) is 29.5 Å². The number of sulfonamides is 1. The molecule has 6 heteroatoms. The van der Waals surface area contributed by atoms with E-state index in [1.807, 2.05) is 45.0 Å². The van der Waals surface area contributed by atoms with Gasteiger partial charge in [0.2, 0.25) is 15.9 Å². The second-order valence-electron chi connectivity index (χ2n) is 7.28. The van der Waals surface area contributed by atoms with Crippen molar-refractivity contribution < 1.29 is 13.2 Å². The number of amides is 1. The van der Waals surface area contributed by atoms with E-state index in [1.54, 1.807) is 18.2 Å². The summed E-state index contributed by atoms with van der Waals surface area (Å²) in [5, 5.41) is 2.97. The maximum absolute atomic E-state index is 12.8. The molecule has 3 rings (SSSR count). The van der Waals surface area contributed by atoms with Crippen molar-refractivity contribution in [2.45, 2.75) is 38.5 Å². The topological polar surface area (TPSA) is 66.5 Å². The summed E-state index contributed by atoms with van der Waals surface area (Å²) in [6.07, 6.45) is 1.06. The summed E-state index contributed by atoms with van der Waals surface area (Å²) in [5.41, 5.74) is 4.02. The van der Waals surface area contributed by atoms with Crippen molar-refractivity contribution in [1.29, 1.82) is 0 Å². The number of anilines is 1. The van der Waals surface area contributed by atoms with Gasteiger partial charge < -0.3 is 5.32 Å². The predicted octanol–water partition coefficient (Wildman–Crippen LogP) is 3.65. The van der Waals surface area contributed by atoms with Crippen molar-refractivity contribution in [3.8, 4) is 0 Å². The van der Waals surface area contributed by atoms with Gasteiger partial charge in [-0.15, -0.1) is 0 Å². The molecule has 1 amide bonds. The third-order valence-electron chi connectivity index (χ3n) is 5.23. The number of nitrogens with zero attached hydrogens (tertiary/aromatic N) is 1. The third kappa shape index (κ3) is 4.39. The summed E-state index contributed by atoms with van der Waals surface area (Å²) in [6.45, 7) is 6.65. The highest BCUT2D eigenvalue weighted by atomic mass is 32.2. The van der Waals surface area contributed by atoms with Crippen LogP contribution in [0.15, 0.2) is 47.4 Å². The lowest BCUT2D eigenvalue weighted by Gasteiger charge is -2.30. The minimum Gasteiger partial charge on any atom is -0.326 e. The van der Waals surface area contributed by atoms with Crippen molar-refractivity contribution in [3.05, 3.63) is 59.2 Å². The molecular formula is C21H26N2O3S. The first-order valence-electron chi connectivity index (χ1n) is 9.22. The molecular weight excluding hydrogens is 360 g/mol. The molecule has 1 N–H and O–H groups in total. The number of carbonyl (C=O) groups excluding carboxylic acids is 1. The van der Waals surface area contributed by atoms with Crippen LogP contribution in [0.5, 0.6) is 0 Å². The Labute approximate surface area is 161 Å². The van der Waals surface area contributed by atoms with Crippen molar-refractivity contribution in [1.82, 2.24) is 4.31 Å². The van der Waals surface area contributed by atoms with Gasteiger partial charge in [0.1, 0.15) is 0 Å². The highest BCUT2D eigenvalue weighted by Crippen LogP contribution is 2.25. The molecule has 1 aliphatic heterocycles. The first-order chi connectivity index (χ1) is 12.8. The maximum Gasteiger partial charge on any atom is 0.243 e. The number of hydrogen-bond acceptors (Lipinski definition) is 3. The lowest BCUT2D eigenvalue weighted by molar-refractivity contribution is -0.120. The fourth-order valence-corrected chi connectivity index (χ4v) is 4.92. The molecule has 0 saturated carbocycles. The smallest absolute Gasteiger partial charge is 0.243 e. The predicted molar refractivity (Wildman–Crippen MR) is 107 cm³/mol. The molecule has 1 aliphatic rings. The molecule has 0 spiro atoms. The van der Waals surface area contributed by atoms with E-state index in [2.05, 4.69) is 5.32 Å². The molecule has 2 aromatic carbocycles. The number of benzene rings is 2. The van der Waals surface area contributed by atoms with Gasteiger partial charge in [0.05, 0.1) is 4.90 Å². The van der Waals surface area contributed by atoms with E-state index in [9.17, 15) is 13.2 Å². The van der Waals surface area contributed by atoms with Gasteiger partial charge in [0, 0.05) is 24.7 Å². The number of carbonyl (C=O) groups is 1. The first kappa shape index (κ1) is 19.6. The number of nitrogens with one attached hydrogen (secondary N) is 1. The molecule has 1 fully saturated rings. The molecule has 1 saturated heterocycles. The Morgan fingerprint density at radius 3 is 2.33 bits per heavy atom. The summed E-state index contributed by atoms with van der Waals surface area (Å²) in [4.78, 5) is 12.9. The normalized spacial score (nSPS) is 16.3. The Morgan fingerprint density at radius 2 is 1.70 bits per heavy atom. The lowest BCUT2D eigenvalue weighted by atomic mass is 9.97. The number of piperidine rings is 1. The molecule has 2 aromatic rings. The average molecular weight is 387 g/mol. The maximum atomic E-state index is 12.8. The monoisotopic (exact) mass is 386 g/mol. The van der Waals surface area contributed by atoms with Gasteiger partial charge in [-0.3, -0.25) is 4.79 Å². The molecule has 0 atom stereocenters. The standard InChI is InChI=1S/C21H26N2O3S/c1-15-5-4-6-20(13-15)27(25,26)23-11-9-18(10-12-23)21(24)22-19-8-7-16(2)17(3)14-19/h4-8,13-14,18H,9-12H2,1-3H3,(H,22,24). The van der Waals surface area contributed by atoms with Crippen molar-refractivity contribution in [2.24, 2.45) is 5.92 Å². The number of hydrogen-bond donors (Lipinski definition) is 1. The van der Waals surface area contributed by atoms with Crippen LogP contribution in [-0.2, 0) is 14.8 Å². The van der Waals surface area contributed by atoms with Gasteiger partial charge in [-0.1, -0.05) is 18.2 Å². The van der Waals surface area contributed by atoms with Crippen LogP contribution in [0.3, 0.4) is 0 Å². The van der Waals surface area contributed by atoms with Crippen LogP contribution >= 0.6 is 0 Å². The van der Waals surface area contributed by atoms with Crippen LogP contribution in [-0.4, -0.2) is 31.7 Å². The third-order valence-corrected chi connectivity index (χ3v) is 7.12. The molecule has 144 valence electrons. The zero-order valence-electron chi connectivity index (χ0n) is 16.0. The van der Waals surface area contributed by atoms with E-state index in [1.165, 1.54) is 9.87 Å². The molecule has 0 aliphatic carbocycles. The lowest BCUT2D eigenvalue weighted by Crippen LogP contribution is -2.41. The highest BCUT2D eigenvalue weighted by Gasteiger charge is 2.32. The fraction of sp³-hybridized carbons (Fsp3) is 0.381. The second-order valence-corrected chi connectivity index (χ2v) is 9.22. The van der Waals surface area contributed by atoms with E-state index >= 15 is 0 Å². The summed E-state index contributed by atoms with van der Waals surface area (Å²) in [7, 11) is -3.50. The molecule has 5 nitrogen and oxygen atoms in total. The van der Waals surface area contributed by atoms with Crippen LogP contribution < -0.4 is 5.32 Å². The van der Waals surface area contributed by atoms with Crippen LogP contribution in [0, 0.1) is 26.7 Å². The van der Waals surface area contributed by atoms with E-state index in [-0.39, 0.29) is 11.8 Å². The van der Waals surface area contributed by atoms with E-state index in [4.69, 9.17) is 0 Å². The van der Waals surface area contributed by atoms with Crippen LogP contribution in [0.25, 0.3) is 0 Å². The molecule has 1 heterocycles. The Hall–Kier alpha value is -2.18. The van der Waals surface area contributed by atoms with Gasteiger partial charge in [-0.2, -0.15) is 4.31 Å². The second kappa shape index (κ2) is 7.82. The zero-order chi connectivity index (χ0) is 19.6. The summed E-state index contributed by atoms with van der Waals surface area (Å²) < 4.78 is 27.1. The van der Waals surface area contributed by atoms with Gasteiger partial charge >= 0.3 is 0 Å². The average Bonchev–Trinajstić information content (AvgIpc) is 2.65. The van der Waals surface area contributed by atoms with E-state index < -0.39 is 10.0 Å². The molecule has 27 heavy (non-hydrogen) atoms. The van der Waals surface area contributed by atoms with Gasteiger partial charge in [0.25, 0.3) is 0 Å². The van der Waals surface area contributed by atoms with E-state index in [0.29, 0.717) is 30.8 Å². The fourth-order valence-electron chi connectivity index (χ4n) is 3.35. The Morgan fingerprint density at radius 1 is 1.00 bits per heavy atom. The SMILES string of the molecule is Cc1cccc(S(=O)(=O)N2CCC(C(=O)Nc3ccc(C)c(C)c3)CC2)c1. The molecule has 0 aromatic heterocycles. The van der Waals surface area contributed by atoms with Crippen LogP contribution in [0.4, 0.5) is 5.69 Å². The van der Waals surface area contributed by atoms with E-state index in [0.717, 1.165) is 16.8 Å². The van der Waals surface area contributed by atoms with Crippen molar-refractivity contribution in [3.63, 3.8) is 0 Å². The van der Waals surface area contributed by atoms with Gasteiger partial charge in [-0.05, 0) is 74.6 Å².